The third-order valence-corrected chi connectivity index (χ3v) is 5.46. The maximum absolute atomic E-state index is 5.27. The summed E-state index contributed by atoms with van der Waals surface area (Å²) in [5.74, 6) is 0.900. The van der Waals surface area contributed by atoms with Crippen LogP contribution in [0.25, 0.3) is 0 Å². The molecule has 1 heterocycles. The summed E-state index contributed by atoms with van der Waals surface area (Å²) in [6.45, 7) is 10.3. The van der Waals surface area contributed by atoms with E-state index >= 15 is 0 Å². The molecular weight excluding hydrogens is 248 g/mol. The molecule has 1 aliphatic heterocycles. The summed E-state index contributed by atoms with van der Waals surface area (Å²) in [6, 6.07) is 1.31. The van der Waals surface area contributed by atoms with E-state index < -0.39 is 0 Å². The van der Waals surface area contributed by atoms with E-state index in [1.54, 1.807) is 7.11 Å². The molecule has 1 N–H and O–H groups in total. The van der Waals surface area contributed by atoms with Crippen molar-refractivity contribution < 1.29 is 4.74 Å². The molecule has 3 heteroatoms. The van der Waals surface area contributed by atoms with Gasteiger partial charge in [0.05, 0.1) is 0 Å². The largest absolute Gasteiger partial charge is 0.385 e. The SMILES string of the molecule is COCCC(C)N1CC(C2CCCCC2)NCC1(C)C. The summed E-state index contributed by atoms with van der Waals surface area (Å²) in [7, 11) is 1.81. The minimum absolute atomic E-state index is 0.262. The van der Waals surface area contributed by atoms with Crippen molar-refractivity contribution in [3.63, 3.8) is 0 Å². The van der Waals surface area contributed by atoms with E-state index in [1.165, 1.54) is 38.6 Å². The average Bonchev–Trinajstić information content (AvgIpc) is 2.45. The van der Waals surface area contributed by atoms with Crippen LogP contribution in [0, 0.1) is 5.92 Å². The topological polar surface area (TPSA) is 24.5 Å². The number of nitrogens with zero attached hydrogens (tertiary/aromatic N) is 1. The molecule has 1 saturated carbocycles. The van der Waals surface area contributed by atoms with Gasteiger partial charge in [0.2, 0.25) is 0 Å². The lowest BCUT2D eigenvalue weighted by molar-refractivity contribution is 0.00433. The Balaban J connectivity index is 1.95. The number of ether oxygens (including phenoxy) is 1. The van der Waals surface area contributed by atoms with Gasteiger partial charge in [0.1, 0.15) is 0 Å². The van der Waals surface area contributed by atoms with Gasteiger partial charge in [0.15, 0.2) is 0 Å². The molecule has 0 spiro atoms. The Morgan fingerprint density at radius 3 is 2.60 bits per heavy atom. The average molecular weight is 282 g/mol. The third kappa shape index (κ3) is 3.96. The van der Waals surface area contributed by atoms with Gasteiger partial charge >= 0.3 is 0 Å². The first kappa shape index (κ1) is 16.3. The van der Waals surface area contributed by atoms with Crippen LogP contribution in [0.5, 0.6) is 0 Å². The Hall–Kier alpha value is -0.120. The Labute approximate surface area is 125 Å². The third-order valence-electron chi connectivity index (χ3n) is 5.46. The van der Waals surface area contributed by atoms with Crippen LogP contribution in [0.4, 0.5) is 0 Å². The lowest BCUT2D eigenvalue weighted by Gasteiger charge is -2.51. The van der Waals surface area contributed by atoms with Crippen LogP contribution in [0.1, 0.15) is 59.3 Å². The highest BCUT2D eigenvalue weighted by atomic mass is 16.5. The molecule has 0 aromatic carbocycles. The second-order valence-electron chi connectivity index (χ2n) is 7.48. The fourth-order valence-corrected chi connectivity index (χ4v) is 4.08. The molecule has 0 bridgehead atoms. The molecule has 1 aliphatic carbocycles. The highest BCUT2D eigenvalue weighted by Crippen LogP contribution is 2.31. The molecule has 0 aromatic rings. The predicted molar refractivity (Wildman–Crippen MR) is 85.1 cm³/mol. The summed E-state index contributed by atoms with van der Waals surface area (Å²) < 4.78 is 5.27. The van der Waals surface area contributed by atoms with E-state index in [0.29, 0.717) is 12.1 Å². The summed E-state index contributed by atoms with van der Waals surface area (Å²) in [6.07, 6.45) is 8.31. The zero-order valence-corrected chi connectivity index (χ0v) is 14.0. The normalized spacial score (nSPS) is 30.3. The molecule has 2 rings (SSSR count). The zero-order valence-electron chi connectivity index (χ0n) is 14.0. The quantitative estimate of drug-likeness (QED) is 0.839. The number of rotatable bonds is 5. The van der Waals surface area contributed by atoms with Gasteiger partial charge < -0.3 is 10.1 Å². The van der Waals surface area contributed by atoms with Gasteiger partial charge in [-0.3, -0.25) is 4.90 Å². The van der Waals surface area contributed by atoms with Gasteiger partial charge in [-0.15, -0.1) is 0 Å². The van der Waals surface area contributed by atoms with Crippen LogP contribution in [-0.4, -0.2) is 49.3 Å². The van der Waals surface area contributed by atoms with E-state index in [2.05, 4.69) is 31.0 Å². The van der Waals surface area contributed by atoms with Crippen molar-refractivity contribution in [3.05, 3.63) is 0 Å². The van der Waals surface area contributed by atoms with E-state index in [4.69, 9.17) is 4.74 Å². The molecule has 0 amide bonds. The molecule has 1 saturated heterocycles. The summed E-state index contributed by atoms with van der Waals surface area (Å²) >= 11 is 0. The highest BCUT2D eigenvalue weighted by molar-refractivity contribution is 4.97. The van der Waals surface area contributed by atoms with Gasteiger partial charge in [0, 0.05) is 44.4 Å². The second-order valence-corrected chi connectivity index (χ2v) is 7.48. The van der Waals surface area contributed by atoms with Crippen molar-refractivity contribution in [2.24, 2.45) is 5.92 Å². The monoisotopic (exact) mass is 282 g/mol. The summed E-state index contributed by atoms with van der Waals surface area (Å²) in [5.41, 5.74) is 0.262. The van der Waals surface area contributed by atoms with Crippen LogP contribution in [0.3, 0.4) is 0 Å². The first-order chi connectivity index (χ1) is 9.54. The van der Waals surface area contributed by atoms with Gasteiger partial charge in [-0.2, -0.15) is 0 Å². The first-order valence-electron chi connectivity index (χ1n) is 8.53. The number of piperazine rings is 1. The molecule has 0 aromatic heterocycles. The van der Waals surface area contributed by atoms with Gasteiger partial charge in [-0.25, -0.2) is 0 Å². The molecule has 2 fully saturated rings. The van der Waals surface area contributed by atoms with Gasteiger partial charge in [0.25, 0.3) is 0 Å². The smallest absolute Gasteiger partial charge is 0.0477 e. The lowest BCUT2D eigenvalue weighted by Crippen LogP contribution is -2.65. The van der Waals surface area contributed by atoms with E-state index in [9.17, 15) is 0 Å². The van der Waals surface area contributed by atoms with Crippen molar-refractivity contribution >= 4 is 0 Å². The highest BCUT2D eigenvalue weighted by Gasteiger charge is 2.38. The predicted octanol–water partition coefficient (Wildman–Crippen LogP) is 3.04. The van der Waals surface area contributed by atoms with E-state index in [1.807, 2.05) is 0 Å². The van der Waals surface area contributed by atoms with Crippen LogP contribution < -0.4 is 5.32 Å². The van der Waals surface area contributed by atoms with E-state index in [0.717, 1.165) is 25.5 Å². The van der Waals surface area contributed by atoms with Gasteiger partial charge in [-0.05, 0) is 46.0 Å². The molecule has 2 atom stereocenters. The maximum atomic E-state index is 5.27. The molecule has 0 radical (unpaired) electrons. The number of hydrogen-bond donors (Lipinski definition) is 1. The van der Waals surface area contributed by atoms with Crippen LogP contribution in [0.2, 0.25) is 0 Å². The Morgan fingerprint density at radius 1 is 1.25 bits per heavy atom. The van der Waals surface area contributed by atoms with Crippen molar-refractivity contribution in [1.82, 2.24) is 10.2 Å². The first-order valence-corrected chi connectivity index (χ1v) is 8.53. The molecule has 3 nitrogen and oxygen atoms in total. The Bertz CT molecular complexity index is 287. The standard InChI is InChI=1S/C17H34N2O/c1-14(10-11-20-4)19-12-16(18-13-17(19,2)3)15-8-6-5-7-9-15/h14-16,18H,5-13H2,1-4H3. The number of nitrogens with one attached hydrogen (secondary N) is 1. The molecule has 2 unspecified atom stereocenters. The fourth-order valence-electron chi connectivity index (χ4n) is 4.08. The zero-order chi connectivity index (χ0) is 14.6. The van der Waals surface area contributed by atoms with Crippen molar-refractivity contribution in [1.29, 1.82) is 0 Å². The fraction of sp³-hybridized carbons (Fsp3) is 1.00. The van der Waals surface area contributed by atoms with Crippen LogP contribution >= 0.6 is 0 Å². The van der Waals surface area contributed by atoms with Gasteiger partial charge in [-0.1, -0.05) is 19.3 Å². The van der Waals surface area contributed by atoms with Crippen molar-refractivity contribution in [3.8, 4) is 0 Å². The summed E-state index contributed by atoms with van der Waals surface area (Å²) in [5, 5.41) is 3.85. The van der Waals surface area contributed by atoms with E-state index in [-0.39, 0.29) is 5.54 Å². The number of methoxy groups -OCH3 is 1. The molecule has 20 heavy (non-hydrogen) atoms. The van der Waals surface area contributed by atoms with Crippen LogP contribution in [-0.2, 0) is 4.74 Å². The van der Waals surface area contributed by atoms with Crippen molar-refractivity contribution in [2.45, 2.75) is 76.9 Å². The van der Waals surface area contributed by atoms with Crippen molar-refractivity contribution in [2.75, 3.05) is 26.8 Å². The lowest BCUT2D eigenvalue weighted by atomic mass is 9.81. The van der Waals surface area contributed by atoms with Crippen LogP contribution in [0.15, 0.2) is 0 Å². The summed E-state index contributed by atoms with van der Waals surface area (Å²) in [4.78, 5) is 2.72. The molecule has 2 aliphatic rings. The maximum Gasteiger partial charge on any atom is 0.0477 e. The minimum Gasteiger partial charge on any atom is -0.385 e. The molecular formula is C17H34N2O. The minimum atomic E-state index is 0.262. The number of hydrogen-bond acceptors (Lipinski definition) is 3. The molecule has 118 valence electrons. The second kappa shape index (κ2) is 7.24. The Morgan fingerprint density at radius 2 is 1.95 bits per heavy atom. The Kier molecular flexibility index (Phi) is 5.88.